The van der Waals surface area contributed by atoms with Crippen LogP contribution in [0.3, 0.4) is 0 Å². The van der Waals surface area contributed by atoms with Gasteiger partial charge in [-0.3, -0.25) is 0 Å². The van der Waals surface area contributed by atoms with Crippen molar-refractivity contribution in [2.24, 2.45) is 0 Å². The van der Waals surface area contributed by atoms with Gasteiger partial charge >= 0.3 is 12.4 Å². The smallest absolute Gasteiger partial charge is 0.198 e. The van der Waals surface area contributed by atoms with E-state index in [1.807, 2.05) is 0 Å². The molecular weight excluding hydrogens is 320 g/mol. The minimum Gasteiger partial charge on any atom is -0.198 e. The first-order valence-electron chi connectivity index (χ1n) is 6.38. The molecular formula is C16H9F6N. The van der Waals surface area contributed by atoms with Crippen molar-refractivity contribution >= 4 is 0 Å². The van der Waals surface area contributed by atoms with Crippen molar-refractivity contribution in [3.8, 4) is 17.2 Å². The zero-order valence-corrected chi connectivity index (χ0v) is 11.5. The molecule has 120 valence electrons. The minimum absolute atomic E-state index is 0.0293. The predicted molar refractivity (Wildman–Crippen MR) is 71.2 cm³/mol. The van der Waals surface area contributed by atoms with Crippen LogP contribution in [0.4, 0.5) is 26.3 Å². The Labute approximate surface area is 127 Å². The number of halogens is 6. The average Bonchev–Trinajstić information content (AvgIpc) is 2.46. The first kappa shape index (κ1) is 16.9. The molecule has 1 nitrogen and oxygen atoms in total. The van der Waals surface area contributed by atoms with Gasteiger partial charge in [-0.05, 0) is 34.9 Å². The van der Waals surface area contributed by atoms with Crippen molar-refractivity contribution in [3.05, 3.63) is 59.2 Å². The molecule has 0 aliphatic carbocycles. The molecule has 0 aliphatic heterocycles. The molecule has 0 fully saturated rings. The quantitative estimate of drug-likeness (QED) is 0.671. The molecule has 0 saturated heterocycles. The average molecular weight is 329 g/mol. The first-order valence-corrected chi connectivity index (χ1v) is 6.38. The van der Waals surface area contributed by atoms with Gasteiger partial charge < -0.3 is 0 Å². The van der Waals surface area contributed by atoms with E-state index in [1.165, 1.54) is 12.1 Å². The number of nitriles is 1. The maximum absolute atomic E-state index is 13.2. The van der Waals surface area contributed by atoms with Gasteiger partial charge in [-0.2, -0.15) is 31.6 Å². The second-order valence-corrected chi connectivity index (χ2v) is 4.75. The van der Waals surface area contributed by atoms with E-state index in [9.17, 15) is 26.3 Å². The summed E-state index contributed by atoms with van der Waals surface area (Å²) in [5.41, 5.74) is -2.70. The molecule has 0 saturated carbocycles. The third kappa shape index (κ3) is 3.65. The molecule has 0 heterocycles. The van der Waals surface area contributed by atoms with Gasteiger partial charge in [0.25, 0.3) is 0 Å². The van der Waals surface area contributed by atoms with Crippen LogP contribution < -0.4 is 0 Å². The van der Waals surface area contributed by atoms with Gasteiger partial charge in [-0.25, -0.2) is 0 Å². The molecule has 2 rings (SSSR count). The Morgan fingerprint density at radius 3 is 2.09 bits per heavy atom. The predicted octanol–water partition coefficient (Wildman–Crippen LogP) is 5.46. The molecule has 0 radical (unpaired) electrons. The molecule has 0 spiro atoms. The van der Waals surface area contributed by atoms with Crippen LogP contribution in [-0.4, -0.2) is 0 Å². The molecule has 0 atom stereocenters. The fourth-order valence-electron chi connectivity index (χ4n) is 2.26. The van der Waals surface area contributed by atoms with Crippen LogP contribution in [0.2, 0.25) is 0 Å². The van der Waals surface area contributed by atoms with E-state index in [1.54, 1.807) is 6.07 Å². The highest BCUT2D eigenvalue weighted by molar-refractivity contribution is 5.73. The summed E-state index contributed by atoms with van der Waals surface area (Å²) in [6.45, 7) is 0. The van der Waals surface area contributed by atoms with Crippen LogP contribution in [0.25, 0.3) is 11.1 Å². The SMILES string of the molecule is N#CCc1cccc(C(F)(F)F)c1-c1cccc(C(F)(F)F)c1. The molecule has 0 aromatic heterocycles. The van der Waals surface area contributed by atoms with E-state index in [0.717, 1.165) is 24.3 Å². The number of alkyl halides is 6. The maximum atomic E-state index is 13.2. The van der Waals surface area contributed by atoms with Crippen LogP contribution in [0.15, 0.2) is 42.5 Å². The Bertz CT molecular complexity index is 752. The summed E-state index contributed by atoms with van der Waals surface area (Å²) in [5, 5.41) is 8.76. The fraction of sp³-hybridized carbons (Fsp3) is 0.188. The molecule has 0 aliphatic rings. The summed E-state index contributed by atoms with van der Waals surface area (Å²) in [7, 11) is 0. The summed E-state index contributed by atoms with van der Waals surface area (Å²) in [5.74, 6) is 0. The maximum Gasteiger partial charge on any atom is 0.417 e. The molecule has 0 N–H and O–H groups in total. The van der Waals surface area contributed by atoms with Gasteiger partial charge in [-0.1, -0.05) is 24.3 Å². The lowest BCUT2D eigenvalue weighted by molar-refractivity contribution is -0.137. The van der Waals surface area contributed by atoms with Crippen LogP contribution >= 0.6 is 0 Å². The van der Waals surface area contributed by atoms with Crippen LogP contribution in [0.1, 0.15) is 16.7 Å². The van der Waals surface area contributed by atoms with Gasteiger partial charge in [0.1, 0.15) is 0 Å². The molecule has 2 aromatic carbocycles. The normalized spacial score (nSPS) is 12.0. The standard InChI is InChI=1S/C16H9F6N/c17-15(18,19)12-5-1-4-11(9-12)14-10(7-8-23)3-2-6-13(14)16(20,21)22/h1-6,9H,7H2. The van der Waals surface area contributed by atoms with E-state index in [2.05, 4.69) is 0 Å². The van der Waals surface area contributed by atoms with E-state index < -0.39 is 29.0 Å². The van der Waals surface area contributed by atoms with Crippen LogP contribution in [0, 0.1) is 11.3 Å². The monoisotopic (exact) mass is 329 g/mol. The first-order chi connectivity index (χ1) is 10.6. The van der Waals surface area contributed by atoms with Gasteiger partial charge in [-0.15, -0.1) is 0 Å². The van der Waals surface area contributed by atoms with Crippen molar-refractivity contribution in [2.45, 2.75) is 18.8 Å². The van der Waals surface area contributed by atoms with Crippen LogP contribution in [-0.2, 0) is 18.8 Å². The second kappa shape index (κ2) is 5.95. The molecule has 0 unspecified atom stereocenters. The van der Waals surface area contributed by atoms with Crippen molar-refractivity contribution in [1.82, 2.24) is 0 Å². The Balaban J connectivity index is 2.74. The molecule has 0 bridgehead atoms. The number of hydrogen-bond acceptors (Lipinski definition) is 1. The highest BCUT2D eigenvalue weighted by Crippen LogP contribution is 2.40. The number of nitrogens with zero attached hydrogens (tertiary/aromatic N) is 1. The van der Waals surface area contributed by atoms with Gasteiger partial charge in [0.05, 0.1) is 23.6 Å². The Kier molecular flexibility index (Phi) is 4.37. The largest absolute Gasteiger partial charge is 0.417 e. The zero-order valence-electron chi connectivity index (χ0n) is 11.5. The Morgan fingerprint density at radius 1 is 0.870 bits per heavy atom. The number of rotatable bonds is 2. The Morgan fingerprint density at radius 2 is 1.52 bits per heavy atom. The summed E-state index contributed by atoms with van der Waals surface area (Å²) in [4.78, 5) is 0. The fourth-order valence-corrected chi connectivity index (χ4v) is 2.26. The van der Waals surface area contributed by atoms with Crippen LogP contribution in [0.5, 0.6) is 0 Å². The van der Waals surface area contributed by atoms with E-state index >= 15 is 0 Å². The summed E-state index contributed by atoms with van der Waals surface area (Å²) >= 11 is 0. The zero-order chi connectivity index (χ0) is 17.3. The van der Waals surface area contributed by atoms with Gasteiger partial charge in [0.15, 0.2) is 0 Å². The highest BCUT2D eigenvalue weighted by Gasteiger charge is 2.35. The highest BCUT2D eigenvalue weighted by atomic mass is 19.4. The number of hydrogen-bond donors (Lipinski definition) is 0. The second-order valence-electron chi connectivity index (χ2n) is 4.75. The summed E-state index contributed by atoms with van der Waals surface area (Å²) < 4.78 is 77.9. The summed E-state index contributed by atoms with van der Waals surface area (Å²) in [6, 6.07) is 8.60. The molecule has 2 aromatic rings. The Hall–Kier alpha value is -2.49. The van der Waals surface area contributed by atoms with Crippen molar-refractivity contribution in [3.63, 3.8) is 0 Å². The molecule has 7 heteroatoms. The molecule has 0 amide bonds. The van der Waals surface area contributed by atoms with Crippen molar-refractivity contribution < 1.29 is 26.3 Å². The van der Waals surface area contributed by atoms with E-state index in [0.29, 0.717) is 6.07 Å². The summed E-state index contributed by atoms with van der Waals surface area (Å²) in [6.07, 6.45) is -9.75. The lowest BCUT2D eigenvalue weighted by Crippen LogP contribution is -2.10. The topological polar surface area (TPSA) is 23.8 Å². The number of benzene rings is 2. The third-order valence-corrected chi connectivity index (χ3v) is 3.20. The lowest BCUT2D eigenvalue weighted by atomic mass is 9.91. The van der Waals surface area contributed by atoms with E-state index in [4.69, 9.17) is 5.26 Å². The van der Waals surface area contributed by atoms with Crippen molar-refractivity contribution in [1.29, 1.82) is 5.26 Å². The van der Waals surface area contributed by atoms with Crippen molar-refractivity contribution in [2.75, 3.05) is 0 Å². The molecule has 23 heavy (non-hydrogen) atoms. The van der Waals surface area contributed by atoms with E-state index in [-0.39, 0.29) is 17.5 Å². The van der Waals surface area contributed by atoms with Gasteiger partial charge in [0, 0.05) is 0 Å². The lowest BCUT2D eigenvalue weighted by Gasteiger charge is -2.17. The van der Waals surface area contributed by atoms with Gasteiger partial charge in [0.2, 0.25) is 0 Å². The minimum atomic E-state index is -4.74. The third-order valence-electron chi connectivity index (χ3n) is 3.20.